The van der Waals surface area contributed by atoms with Crippen molar-refractivity contribution >= 4 is 17.7 Å². The first kappa shape index (κ1) is 14.6. The van der Waals surface area contributed by atoms with Crippen LogP contribution in [0.4, 0.5) is 5.95 Å². The minimum atomic E-state index is 0.489. The maximum atomic E-state index is 4.63. The van der Waals surface area contributed by atoms with Crippen molar-refractivity contribution in [3.8, 4) is 0 Å². The number of anilines is 1. The molecule has 5 heteroatoms. The number of nitrogens with zero attached hydrogens (tertiary/aromatic N) is 3. The van der Waals surface area contributed by atoms with Crippen molar-refractivity contribution < 1.29 is 0 Å². The van der Waals surface area contributed by atoms with Crippen molar-refractivity contribution in [3.05, 3.63) is 11.4 Å². The average Bonchev–Trinajstić information content (AvgIpc) is 2.47. The van der Waals surface area contributed by atoms with E-state index in [1.165, 1.54) is 25.7 Å². The fourth-order valence-electron chi connectivity index (χ4n) is 2.71. The van der Waals surface area contributed by atoms with Gasteiger partial charge in [0.2, 0.25) is 5.95 Å². The van der Waals surface area contributed by atoms with E-state index in [4.69, 9.17) is 0 Å². The normalized spacial score (nSPS) is 23.3. The van der Waals surface area contributed by atoms with Gasteiger partial charge in [0, 0.05) is 11.3 Å². The van der Waals surface area contributed by atoms with Crippen LogP contribution >= 0.6 is 11.8 Å². The first-order valence-electron chi connectivity index (χ1n) is 7.30. The van der Waals surface area contributed by atoms with Gasteiger partial charge >= 0.3 is 0 Å². The van der Waals surface area contributed by atoms with Gasteiger partial charge in [-0.2, -0.15) is 16.9 Å². The first-order valence-corrected chi connectivity index (χ1v) is 8.59. The van der Waals surface area contributed by atoms with Crippen LogP contribution in [-0.2, 0) is 12.8 Å². The molecule has 1 N–H and O–H groups in total. The second-order valence-corrected chi connectivity index (χ2v) is 6.12. The fraction of sp³-hybridized carbons (Fsp3) is 0.786. The lowest BCUT2D eigenvalue weighted by molar-refractivity contribution is 0.472. The minimum Gasteiger partial charge on any atom is -0.349 e. The van der Waals surface area contributed by atoms with Crippen LogP contribution in [0.15, 0.2) is 0 Å². The molecule has 1 aromatic rings. The maximum Gasteiger partial charge on any atom is 0.243 e. The van der Waals surface area contributed by atoms with Gasteiger partial charge in [0.1, 0.15) is 0 Å². The summed E-state index contributed by atoms with van der Waals surface area (Å²) in [7, 11) is 0. The molecule has 1 aliphatic rings. The molecule has 1 aromatic heterocycles. The lowest BCUT2D eigenvalue weighted by Gasteiger charge is -2.30. The molecule has 106 valence electrons. The van der Waals surface area contributed by atoms with Crippen molar-refractivity contribution in [2.45, 2.75) is 63.7 Å². The summed E-state index contributed by atoms with van der Waals surface area (Å²) in [5.41, 5.74) is 2.11. The van der Waals surface area contributed by atoms with Crippen molar-refractivity contribution in [2.24, 2.45) is 0 Å². The van der Waals surface area contributed by atoms with Crippen LogP contribution in [0.1, 0.15) is 50.9 Å². The Kier molecular flexibility index (Phi) is 5.43. The van der Waals surface area contributed by atoms with E-state index >= 15 is 0 Å². The van der Waals surface area contributed by atoms with E-state index in [2.05, 4.69) is 40.6 Å². The number of hydrogen-bond acceptors (Lipinski definition) is 5. The van der Waals surface area contributed by atoms with Crippen molar-refractivity contribution in [1.29, 1.82) is 0 Å². The number of hydrogen-bond donors (Lipinski definition) is 1. The number of aryl methyl sites for hydroxylation is 2. The zero-order valence-corrected chi connectivity index (χ0v) is 13.0. The summed E-state index contributed by atoms with van der Waals surface area (Å²) in [5, 5.41) is 12.7. The lowest BCUT2D eigenvalue weighted by Crippen LogP contribution is -2.35. The summed E-state index contributed by atoms with van der Waals surface area (Å²) >= 11 is 1.95. The predicted octanol–water partition coefficient (Wildman–Crippen LogP) is 3.08. The van der Waals surface area contributed by atoms with Gasteiger partial charge in [-0.1, -0.05) is 26.7 Å². The molecule has 0 spiro atoms. The Hall–Kier alpha value is -0.840. The molecule has 0 aromatic carbocycles. The fourth-order valence-corrected chi connectivity index (χ4v) is 3.64. The Bertz CT molecular complexity index is 410. The van der Waals surface area contributed by atoms with Gasteiger partial charge < -0.3 is 5.32 Å². The van der Waals surface area contributed by atoms with Gasteiger partial charge in [-0.05, 0) is 31.9 Å². The molecular formula is C14H24N4S. The highest BCUT2D eigenvalue weighted by molar-refractivity contribution is 7.99. The molecule has 0 aliphatic heterocycles. The summed E-state index contributed by atoms with van der Waals surface area (Å²) in [5.74, 6) is 0.708. The Morgan fingerprint density at radius 2 is 1.84 bits per heavy atom. The molecule has 4 nitrogen and oxygen atoms in total. The van der Waals surface area contributed by atoms with Crippen LogP contribution in [0.2, 0.25) is 0 Å². The molecule has 2 rings (SSSR count). The molecule has 0 bridgehead atoms. The molecule has 2 atom stereocenters. The number of nitrogens with one attached hydrogen (secondary N) is 1. The van der Waals surface area contributed by atoms with Crippen molar-refractivity contribution in [2.75, 3.05) is 11.6 Å². The molecule has 1 aliphatic carbocycles. The molecule has 0 amide bonds. The topological polar surface area (TPSA) is 50.7 Å². The summed E-state index contributed by atoms with van der Waals surface area (Å²) in [6.07, 6.45) is 9.17. The van der Waals surface area contributed by atoms with Gasteiger partial charge in [0.05, 0.1) is 11.4 Å². The number of aromatic nitrogens is 3. The zero-order valence-electron chi connectivity index (χ0n) is 12.1. The molecule has 1 fully saturated rings. The average molecular weight is 280 g/mol. The van der Waals surface area contributed by atoms with E-state index < -0.39 is 0 Å². The summed E-state index contributed by atoms with van der Waals surface area (Å²) in [6, 6.07) is 0.489. The van der Waals surface area contributed by atoms with Crippen molar-refractivity contribution in [3.63, 3.8) is 0 Å². The van der Waals surface area contributed by atoms with Gasteiger partial charge in [0.25, 0.3) is 0 Å². The molecule has 1 saturated carbocycles. The Labute approximate surface area is 120 Å². The summed E-state index contributed by atoms with van der Waals surface area (Å²) in [4.78, 5) is 4.63. The smallest absolute Gasteiger partial charge is 0.243 e. The molecule has 19 heavy (non-hydrogen) atoms. The highest BCUT2D eigenvalue weighted by Gasteiger charge is 2.25. The number of rotatable bonds is 5. The Morgan fingerprint density at radius 3 is 2.53 bits per heavy atom. The van der Waals surface area contributed by atoms with E-state index in [1.54, 1.807) is 0 Å². The third-order valence-corrected chi connectivity index (χ3v) is 5.00. The standard InChI is InChI=1S/C14H24N4S/c1-4-10-11(5-2)17-18-14(15-10)16-12-8-6-7-9-13(12)19-3/h12-13H,4-9H2,1-3H3,(H,15,16,18). The van der Waals surface area contributed by atoms with Crippen molar-refractivity contribution in [1.82, 2.24) is 15.2 Å². The quantitative estimate of drug-likeness (QED) is 0.898. The summed E-state index contributed by atoms with van der Waals surface area (Å²) < 4.78 is 0. The largest absolute Gasteiger partial charge is 0.349 e. The van der Waals surface area contributed by atoms with E-state index in [9.17, 15) is 0 Å². The zero-order chi connectivity index (χ0) is 13.7. The Balaban J connectivity index is 2.09. The van der Waals surface area contributed by atoms with Crippen LogP contribution < -0.4 is 5.32 Å². The molecule has 2 unspecified atom stereocenters. The summed E-state index contributed by atoms with van der Waals surface area (Å²) in [6.45, 7) is 4.22. The Morgan fingerprint density at radius 1 is 1.11 bits per heavy atom. The van der Waals surface area contributed by atoms with Crippen LogP contribution in [0.25, 0.3) is 0 Å². The highest BCUT2D eigenvalue weighted by atomic mass is 32.2. The second-order valence-electron chi connectivity index (χ2n) is 5.05. The van der Waals surface area contributed by atoms with Crippen LogP contribution in [0, 0.1) is 0 Å². The van der Waals surface area contributed by atoms with Gasteiger partial charge in [-0.3, -0.25) is 0 Å². The van der Waals surface area contributed by atoms with Crippen LogP contribution in [0.3, 0.4) is 0 Å². The van der Waals surface area contributed by atoms with E-state index in [0.29, 0.717) is 17.2 Å². The van der Waals surface area contributed by atoms with Gasteiger partial charge in [0.15, 0.2) is 0 Å². The third-order valence-electron chi connectivity index (χ3n) is 3.83. The molecule has 1 heterocycles. The maximum absolute atomic E-state index is 4.63. The first-order chi connectivity index (χ1) is 9.28. The van der Waals surface area contributed by atoms with Gasteiger partial charge in [-0.25, -0.2) is 4.98 Å². The third kappa shape index (κ3) is 3.59. The highest BCUT2D eigenvalue weighted by Crippen LogP contribution is 2.28. The van der Waals surface area contributed by atoms with E-state index in [-0.39, 0.29) is 0 Å². The molecular weight excluding hydrogens is 256 g/mol. The number of thioether (sulfide) groups is 1. The SMILES string of the molecule is CCc1nnc(NC2CCCCC2SC)nc1CC. The van der Waals surface area contributed by atoms with E-state index in [1.807, 2.05) is 11.8 Å². The lowest BCUT2D eigenvalue weighted by atomic mass is 9.95. The molecule has 0 radical (unpaired) electrons. The van der Waals surface area contributed by atoms with Crippen LogP contribution in [-0.4, -0.2) is 32.7 Å². The van der Waals surface area contributed by atoms with E-state index in [0.717, 1.165) is 24.2 Å². The predicted molar refractivity (Wildman–Crippen MR) is 81.8 cm³/mol. The second kappa shape index (κ2) is 7.08. The van der Waals surface area contributed by atoms with Crippen LogP contribution in [0.5, 0.6) is 0 Å². The molecule has 0 saturated heterocycles. The minimum absolute atomic E-state index is 0.489. The monoisotopic (exact) mass is 280 g/mol. The van der Waals surface area contributed by atoms with Gasteiger partial charge in [-0.15, -0.1) is 5.10 Å².